The highest BCUT2D eigenvalue weighted by Crippen LogP contribution is 2.29. The van der Waals surface area contributed by atoms with Gasteiger partial charge in [-0.15, -0.1) is 0 Å². The number of urea groups is 1. The van der Waals surface area contributed by atoms with E-state index < -0.39 is 5.54 Å². The molecule has 3 N–H and O–H groups in total. The number of nitrogens with zero attached hydrogens (tertiary/aromatic N) is 3. The van der Waals surface area contributed by atoms with E-state index in [0.29, 0.717) is 25.5 Å². The molecule has 1 fully saturated rings. The number of nitrogens with two attached hydrogens (primary N) is 1. The molecule has 2 heterocycles. The van der Waals surface area contributed by atoms with Crippen LogP contribution < -0.4 is 11.1 Å². The zero-order chi connectivity index (χ0) is 19.6. The number of anilines is 1. The number of aromatic nitrogens is 2. The lowest BCUT2D eigenvalue weighted by molar-refractivity contribution is 0.219. The molecule has 144 valence electrons. The molecule has 1 saturated heterocycles. The Balaban J connectivity index is 1.42. The van der Waals surface area contributed by atoms with Crippen molar-refractivity contribution in [1.29, 1.82) is 0 Å². The van der Waals surface area contributed by atoms with Gasteiger partial charge in [0, 0.05) is 24.8 Å². The summed E-state index contributed by atoms with van der Waals surface area (Å²) < 4.78 is 1.85. The monoisotopic (exact) mass is 375 g/mol. The molecule has 6 heteroatoms. The van der Waals surface area contributed by atoms with Crippen LogP contribution in [0.2, 0.25) is 0 Å². The average Bonchev–Trinajstić information content (AvgIpc) is 3.27. The van der Waals surface area contributed by atoms with E-state index in [4.69, 9.17) is 5.73 Å². The number of carbonyl (C=O) groups is 1. The van der Waals surface area contributed by atoms with Crippen molar-refractivity contribution in [3.8, 4) is 0 Å². The van der Waals surface area contributed by atoms with Gasteiger partial charge in [-0.3, -0.25) is 10.00 Å². The predicted molar refractivity (Wildman–Crippen MR) is 110 cm³/mol. The first-order valence-electron chi connectivity index (χ1n) is 9.52. The van der Waals surface area contributed by atoms with Crippen molar-refractivity contribution in [2.24, 2.45) is 5.73 Å². The normalized spacial score (nSPS) is 19.0. The molecule has 1 atom stereocenters. The van der Waals surface area contributed by atoms with Crippen LogP contribution in [0.1, 0.15) is 23.1 Å². The van der Waals surface area contributed by atoms with E-state index >= 15 is 0 Å². The van der Waals surface area contributed by atoms with Crippen molar-refractivity contribution in [3.05, 3.63) is 83.6 Å². The third-order valence-electron chi connectivity index (χ3n) is 5.29. The van der Waals surface area contributed by atoms with Crippen LogP contribution in [0.4, 0.5) is 10.6 Å². The maximum atomic E-state index is 12.8. The van der Waals surface area contributed by atoms with E-state index in [-0.39, 0.29) is 6.03 Å². The minimum atomic E-state index is -0.500. The third kappa shape index (κ3) is 3.77. The number of carbonyl (C=O) groups excluding carboxylic acids is 1. The molecule has 0 saturated carbocycles. The molecule has 4 rings (SSSR count). The highest BCUT2D eigenvalue weighted by molar-refractivity contribution is 5.89. The van der Waals surface area contributed by atoms with Gasteiger partial charge < -0.3 is 10.6 Å². The molecule has 3 aromatic rings. The Kier molecular flexibility index (Phi) is 4.88. The standard InChI is InChI=1S/C22H25N5O/c1-17-14-27(15-18-8-4-2-5-9-18)25-20(17)24-21(28)26-13-12-22(23,16-26)19-10-6-3-7-11-19/h2-11,14H,12-13,15-16,23H2,1H3,(H,24,25,28). The first-order valence-corrected chi connectivity index (χ1v) is 9.52. The lowest BCUT2D eigenvalue weighted by Crippen LogP contribution is -2.42. The summed E-state index contributed by atoms with van der Waals surface area (Å²) in [7, 11) is 0. The van der Waals surface area contributed by atoms with Gasteiger partial charge in [-0.1, -0.05) is 60.7 Å². The number of likely N-dealkylation sites (tertiary alicyclic amines) is 1. The van der Waals surface area contributed by atoms with Crippen LogP contribution in [0, 0.1) is 6.92 Å². The number of amides is 2. The van der Waals surface area contributed by atoms with Crippen molar-refractivity contribution < 1.29 is 4.79 Å². The van der Waals surface area contributed by atoms with Crippen LogP contribution in [0.3, 0.4) is 0 Å². The van der Waals surface area contributed by atoms with E-state index in [9.17, 15) is 4.79 Å². The summed E-state index contributed by atoms with van der Waals surface area (Å²) >= 11 is 0. The molecule has 6 nitrogen and oxygen atoms in total. The topological polar surface area (TPSA) is 76.2 Å². The maximum absolute atomic E-state index is 12.8. The van der Waals surface area contributed by atoms with Crippen LogP contribution >= 0.6 is 0 Å². The van der Waals surface area contributed by atoms with Crippen molar-refractivity contribution in [2.75, 3.05) is 18.4 Å². The van der Waals surface area contributed by atoms with Crippen LogP contribution in [-0.4, -0.2) is 33.8 Å². The van der Waals surface area contributed by atoms with Crippen molar-refractivity contribution in [3.63, 3.8) is 0 Å². The molecular formula is C22H25N5O. The SMILES string of the molecule is Cc1cn(Cc2ccccc2)nc1NC(=O)N1CCC(N)(c2ccccc2)C1. The number of benzene rings is 2. The van der Waals surface area contributed by atoms with Gasteiger partial charge in [-0.05, 0) is 24.5 Å². The fraction of sp³-hybridized carbons (Fsp3) is 0.273. The molecule has 0 spiro atoms. The molecule has 1 aliphatic heterocycles. The van der Waals surface area contributed by atoms with Gasteiger partial charge in [0.05, 0.1) is 12.1 Å². The molecule has 28 heavy (non-hydrogen) atoms. The average molecular weight is 375 g/mol. The van der Waals surface area contributed by atoms with Gasteiger partial charge in [0.25, 0.3) is 0 Å². The number of hydrogen-bond acceptors (Lipinski definition) is 3. The van der Waals surface area contributed by atoms with Gasteiger partial charge in [-0.2, -0.15) is 5.10 Å². The van der Waals surface area contributed by atoms with Gasteiger partial charge in [0.2, 0.25) is 0 Å². The Labute approximate surface area is 165 Å². The van der Waals surface area contributed by atoms with E-state index in [0.717, 1.165) is 23.1 Å². The smallest absolute Gasteiger partial charge is 0.322 e. The van der Waals surface area contributed by atoms with E-state index in [1.54, 1.807) is 4.90 Å². The Hall–Kier alpha value is -3.12. The lowest BCUT2D eigenvalue weighted by atomic mass is 9.90. The first-order chi connectivity index (χ1) is 13.5. The first kappa shape index (κ1) is 18.3. The lowest BCUT2D eigenvalue weighted by Gasteiger charge is -2.25. The zero-order valence-electron chi connectivity index (χ0n) is 16.0. The molecule has 0 bridgehead atoms. The molecule has 0 radical (unpaired) electrons. The Morgan fingerprint density at radius 1 is 1.14 bits per heavy atom. The predicted octanol–water partition coefficient (Wildman–Crippen LogP) is 3.33. The second kappa shape index (κ2) is 7.48. The van der Waals surface area contributed by atoms with E-state index in [1.807, 2.05) is 66.3 Å². The fourth-order valence-corrected chi connectivity index (χ4v) is 3.69. The molecule has 1 aliphatic rings. The highest BCUT2D eigenvalue weighted by Gasteiger charge is 2.38. The summed E-state index contributed by atoms with van der Waals surface area (Å²) in [5.41, 5.74) is 9.25. The van der Waals surface area contributed by atoms with E-state index in [1.165, 1.54) is 0 Å². The zero-order valence-corrected chi connectivity index (χ0v) is 16.0. The summed E-state index contributed by atoms with van der Waals surface area (Å²) in [6.45, 7) is 3.74. The number of hydrogen-bond donors (Lipinski definition) is 2. The Bertz CT molecular complexity index is 954. The Morgan fingerprint density at radius 3 is 2.54 bits per heavy atom. The summed E-state index contributed by atoms with van der Waals surface area (Å²) in [6.07, 6.45) is 2.69. The highest BCUT2D eigenvalue weighted by atomic mass is 16.2. The van der Waals surface area contributed by atoms with Crippen LogP contribution in [0.5, 0.6) is 0 Å². The summed E-state index contributed by atoms with van der Waals surface area (Å²) in [5, 5.41) is 7.48. The molecule has 2 aromatic carbocycles. The minimum absolute atomic E-state index is 0.156. The minimum Gasteiger partial charge on any atom is -0.322 e. The largest absolute Gasteiger partial charge is 0.323 e. The van der Waals surface area contributed by atoms with Crippen LogP contribution in [-0.2, 0) is 12.1 Å². The molecular weight excluding hydrogens is 350 g/mol. The van der Waals surface area contributed by atoms with Crippen molar-refractivity contribution in [1.82, 2.24) is 14.7 Å². The second-order valence-electron chi connectivity index (χ2n) is 7.47. The van der Waals surface area contributed by atoms with Gasteiger partial charge in [-0.25, -0.2) is 4.79 Å². The van der Waals surface area contributed by atoms with Gasteiger partial charge in [0.15, 0.2) is 5.82 Å². The second-order valence-corrected chi connectivity index (χ2v) is 7.47. The number of nitrogens with one attached hydrogen (secondary N) is 1. The summed E-state index contributed by atoms with van der Waals surface area (Å²) in [4.78, 5) is 14.5. The van der Waals surface area contributed by atoms with Crippen molar-refractivity contribution in [2.45, 2.75) is 25.4 Å². The molecule has 0 aliphatic carbocycles. The summed E-state index contributed by atoms with van der Waals surface area (Å²) in [5.74, 6) is 0.593. The number of rotatable bonds is 4. The van der Waals surface area contributed by atoms with Gasteiger partial charge >= 0.3 is 6.03 Å². The van der Waals surface area contributed by atoms with Crippen molar-refractivity contribution >= 4 is 11.8 Å². The maximum Gasteiger partial charge on any atom is 0.323 e. The van der Waals surface area contributed by atoms with E-state index in [2.05, 4.69) is 22.5 Å². The van der Waals surface area contributed by atoms with Crippen LogP contribution in [0.15, 0.2) is 66.9 Å². The number of aryl methyl sites for hydroxylation is 1. The molecule has 1 unspecified atom stereocenters. The molecule has 1 aromatic heterocycles. The quantitative estimate of drug-likeness (QED) is 0.734. The Morgan fingerprint density at radius 2 is 1.82 bits per heavy atom. The summed E-state index contributed by atoms with van der Waals surface area (Å²) in [6, 6.07) is 20.0. The molecule has 2 amide bonds. The van der Waals surface area contributed by atoms with Crippen LogP contribution in [0.25, 0.3) is 0 Å². The van der Waals surface area contributed by atoms with Gasteiger partial charge in [0.1, 0.15) is 0 Å². The fourth-order valence-electron chi connectivity index (χ4n) is 3.69. The third-order valence-corrected chi connectivity index (χ3v) is 5.29.